The Morgan fingerprint density at radius 2 is 0.826 bits per heavy atom. The maximum Gasteiger partial charge on any atom is 0.235 e. The minimum absolute atomic E-state index is 0.340. The molecule has 0 atom stereocenters. The third kappa shape index (κ3) is 5.81. The number of hydrogen-bond donors (Lipinski definition) is 0. The fraction of sp³-hybridized carbons (Fsp3) is 0.294. The van der Waals surface area contributed by atoms with Crippen molar-refractivity contribution >= 4 is 34.4 Å². The normalized spacial score (nSPS) is 17.0. The molecule has 2 aromatic heterocycles. The molecule has 46 heavy (non-hydrogen) atoms. The van der Waals surface area contributed by atoms with Crippen molar-refractivity contribution in [2.24, 2.45) is 20.0 Å². The van der Waals surface area contributed by atoms with Crippen molar-refractivity contribution < 1.29 is 28.4 Å². The minimum atomic E-state index is 0.340. The zero-order chi connectivity index (χ0) is 30.7. The monoisotopic (exact) mass is 618 g/mol. The van der Waals surface area contributed by atoms with Crippen LogP contribution in [0, 0.1) is 0 Å². The number of ether oxygens (including phenoxy) is 6. The van der Waals surface area contributed by atoms with Gasteiger partial charge >= 0.3 is 0 Å². The number of hydrogen-bond acceptors (Lipinski definition) is 12. The lowest BCUT2D eigenvalue weighted by Gasteiger charge is -2.15. The number of rotatable bonds is 10. The van der Waals surface area contributed by atoms with E-state index in [1.165, 1.54) is 0 Å². The van der Waals surface area contributed by atoms with Gasteiger partial charge in [0.1, 0.15) is 73.9 Å². The van der Waals surface area contributed by atoms with Crippen molar-refractivity contribution in [2.75, 3.05) is 52.6 Å². The molecule has 232 valence electrons. The van der Waals surface area contributed by atoms with Crippen molar-refractivity contribution in [2.45, 2.75) is 13.2 Å². The van der Waals surface area contributed by atoms with Crippen LogP contribution in [0.25, 0.3) is 10.8 Å². The van der Waals surface area contributed by atoms with Crippen LogP contribution in [0.1, 0.15) is 33.9 Å². The van der Waals surface area contributed by atoms with Gasteiger partial charge in [0.25, 0.3) is 0 Å². The third-order valence-corrected chi connectivity index (χ3v) is 7.71. The summed E-state index contributed by atoms with van der Waals surface area (Å²) in [6, 6.07) is 19.8. The summed E-state index contributed by atoms with van der Waals surface area (Å²) < 4.78 is 35.4. The highest BCUT2D eigenvalue weighted by atomic mass is 16.5. The van der Waals surface area contributed by atoms with Gasteiger partial charge in [0, 0.05) is 24.3 Å². The molecule has 0 spiro atoms. The van der Waals surface area contributed by atoms with Crippen molar-refractivity contribution in [3.8, 4) is 11.5 Å². The average molecular weight is 619 g/mol. The Morgan fingerprint density at radius 1 is 0.478 bits per heavy atom. The van der Waals surface area contributed by atoms with E-state index >= 15 is 0 Å². The molecule has 0 N–H and O–H groups in total. The molecule has 0 fully saturated rings. The van der Waals surface area contributed by atoms with Crippen LogP contribution < -0.4 is 9.47 Å². The number of aromatic nitrogens is 2. The topological polar surface area (TPSA) is 131 Å². The highest BCUT2D eigenvalue weighted by Crippen LogP contribution is 2.28. The second-order valence-corrected chi connectivity index (χ2v) is 10.8. The molecule has 12 nitrogen and oxygen atoms in total. The van der Waals surface area contributed by atoms with Gasteiger partial charge in [0.15, 0.2) is 0 Å². The molecule has 0 bridgehead atoms. The summed E-state index contributed by atoms with van der Waals surface area (Å²) in [5, 5.41) is 2.15. The molecular weight excluding hydrogens is 588 g/mol. The summed E-state index contributed by atoms with van der Waals surface area (Å²) in [6.07, 6.45) is 0. The smallest absolute Gasteiger partial charge is 0.235 e. The Bertz CT molecular complexity index is 1710. The van der Waals surface area contributed by atoms with E-state index in [0.717, 1.165) is 21.9 Å². The lowest BCUT2D eigenvalue weighted by molar-refractivity contribution is 0.303. The van der Waals surface area contributed by atoms with Crippen LogP contribution in [0.2, 0.25) is 0 Å². The molecule has 0 aliphatic carbocycles. The minimum Gasteiger partial charge on any atom is -0.489 e. The van der Waals surface area contributed by atoms with Gasteiger partial charge in [0.05, 0.1) is 26.2 Å². The fourth-order valence-electron chi connectivity index (χ4n) is 5.57. The van der Waals surface area contributed by atoms with Gasteiger partial charge < -0.3 is 28.4 Å². The Balaban J connectivity index is 1.04. The third-order valence-electron chi connectivity index (χ3n) is 7.71. The van der Waals surface area contributed by atoms with Crippen molar-refractivity contribution in [3.05, 3.63) is 94.6 Å². The van der Waals surface area contributed by atoms with Gasteiger partial charge in [-0.3, -0.25) is 0 Å². The molecule has 4 aliphatic heterocycles. The van der Waals surface area contributed by atoms with Crippen molar-refractivity contribution in [1.29, 1.82) is 0 Å². The van der Waals surface area contributed by atoms with Crippen LogP contribution in [0.3, 0.4) is 0 Å². The van der Waals surface area contributed by atoms with E-state index in [1.807, 2.05) is 36.4 Å². The fourth-order valence-corrected chi connectivity index (χ4v) is 5.57. The zero-order valence-corrected chi connectivity index (χ0v) is 25.0. The van der Waals surface area contributed by atoms with Gasteiger partial charge in [-0.15, -0.1) is 0 Å². The summed E-state index contributed by atoms with van der Waals surface area (Å²) in [6.45, 7) is 5.24. The summed E-state index contributed by atoms with van der Waals surface area (Å²) in [4.78, 5) is 27.1. The Labute approximate surface area is 264 Å². The van der Waals surface area contributed by atoms with Gasteiger partial charge in [0.2, 0.25) is 23.6 Å². The first-order valence-electron chi connectivity index (χ1n) is 15.3. The summed E-state index contributed by atoms with van der Waals surface area (Å²) in [5.74, 6) is 3.26. The molecular formula is C34H30N6O6. The summed E-state index contributed by atoms with van der Waals surface area (Å²) in [5.41, 5.74) is 4.46. The molecule has 4 aliphatic rings. The number of fused-ring (bicyclic) bond motifs is 1. The maximum absolute atomic E-state index is 6.35. The van der Waals surface area contributed by atoms with Gasteiger partial charge in [-0.05, 0) is 21.9 Å². The quantitative estimate of drug-likeness (QED) is 0.262. The Morgan fingerprint density at radius 3 is 1.13 bits per heavy atom. The van der Waals surface area contributed by atoms with Crippen LogP contribution in [0.5, 0.6) is 11.5 Å². The standard InChI is InChI=1S/C34H30N6O6/c1-2-4-26-22(20-46-24-17-29(33-37-9-13-43-33)40-30(18-24)34-38-10-14-44-34)6-5-21(25(26)3-1)19-45-23-15-27(31-35-7-11-41-31)39-28(16-23)32-36-8-12-42-32/h1-6,15-18H,7-14,19-20H2. The summed E-state index contributed by atoms with van der Waals surface area (Å²) in [7, 11) is 0. The molecule has 0 saturated carbocycles. The SMILES string of the molecule is c1ccc2c(COc3cc(C4=NCCO4)nc(C4=NCCO4)c3)ccc(COc3cc(C4=NCCO4)nc(C4=NCCO4)c3)c2c1. The van der Waals surface area contributed by atoms with Crippen LogP contribution in [0.15, 0.2) is 80.6 Å². The van der Waals surface area contributed by atoms with Gasteiger partial charge in [-0.2, -0.15) is 0 Å². The number of nitrogens with zero attached hydrogens (tertiary/aromatic N) is 6. The second-order valence-electron chi connectivity index (χ2n) is 10.8. The molecule has 0 amide bonds. The highest BCUT2D eigenvalue weighted by molar-refractivity contribution is 5.98. The lowest BCUT2D eigenvalue weighted by atomic mass is 10.0. The molecule has 4 aromatic rings. The first kappa shape index (κ1) is 28.0. The van der Waals surface area contributed by atoms with Gasteiger partial charge in [-0.1, -0.05) is 36.4 Å². The highest BCUT2D eigenvalue weighted by Gasteiger charge is 2.21. The van der Waals surface area contributed by atoms with E-state index < -0.39 is 0 Å². The first-order valence-corrected chi connectivity index (χ1v) is 15.3. The van der Waals surface area contributed by atoms with Crippen LogP contribution in [-0.2, 0) is 32.2 Å². The van der Waals surface area contributed by atoms with Crippen LogP contribution >= 0.6 is 0 Å². The number of pyridine rings is 2. The van der Waals surface area contributed by atoms with E-state index in [4.69, 9.17) is 28.4 Å². The second kappa shape index (κ2) is 12.5. The number of benzene rings is 2. The Hall–Kier alpha value is -5.52. The number of aliphatic imine (C=N–C) groups is 4. The molecule has 8 rings (SSSR count). The van der Waals surface area contributed by atoms with E-state index in [-0.39, 0.29) is 0 Å². The van der Waals surface area contributed by atoms with Gasteiger partial charge in [-0.25, -0.2) is 29.9 Å². The molecule has 12 heteroatoms. The van der Waals surface area contributed by atoms with E-state index in [9.17, 15) is 0 Å². The van der Waals surface area contributed by atoms with Crippen LogP contribution in [0.4, 0.5) is 0 Å². The molecule has 0 radical (unpaired) electrons. The van der Waals surface area contributed by atoms with Crippen molar-refractivity contribution in [3.63, 3.8) is 0 Å². The molecule has 0 unspecified atom stereocenters. The Kier molecular flexibility index (Phi) is 7.58. The lowest BCUT2D eigenvalue weighted by Crippen LogP contribution is -2.11. The largest absolute Gasteiger partial charge is 0.489 e. The zero-order valence-electron chi connectivity index (χ0n) is 25.0. The molecule has 2 aromatic carbocycles. The summed E-state index contributed by atoms with van der Waals surface area (Å²) >= 11 is 0. The van der Waals surface area contributed by atoms with E-state index in [2.05, 4.69) is 54.2 Å². The molecule has 0 saturated heterocycles. The maximum atomic E-state index is 6.35. The van der Waals surface area contributed by atoms with Crippen molar-refractivity contribution in [1.82, 2.24) is 9.97 Å². The van der Waals surface area contributed by atoms with E-state index in [0.29, 0.717) is 124 Å². The predicted molar refractivity (Wildman–Crippen MR) is 171 cm³/mol. The molecule has 6 heterocycles. The first-order chi connectivity index (χ1) is 22.8. The predicted octanol–water partition coefficient (Wildman–Crippen LogP) is 3.90. The average Bonchev–Trinajstić information content (AvgIpc) is 3.95. The van der Waals surface area contributed by atoms with Crippen LogP contribution in [-0.4, -0.2) is 86.2 Å². The van der Waals surface area contributed by atoms with E-state index in [1.54, 1.807) is 0 Å².